The van der Waals surface area contributed by atoms with E-state index in [1.165, 1.54) is 12.1 Å². The molecule has 0 saturated carbocycles. The highest BCUT2D eigenvalue weighted by Crippen LogP contribution is 2.14. The van der Waals surface area contributed by atoms with Gasteiger partial charge in [0.15, 0.2) is 0 Å². The van der Waals surface area contributed by atoms with Gasteiger partial charge in [-0.3, -0.25) is 4.79 Å². The number of hydrogen-bond donors (Lipinski definition) is 2. The topological polar surface area (TPSA) is 75.3 Å². The summed E-state index contributed by atoms with van der Waals surface area (Å²) in [7, 11) is -3.53. The second-order valence-corrected chi connectivity index (χ2v) is 7.15. The highest BCUT2D eigenvalue weighted by atomic mass is 32.2. The van der Waals surface area contributed by atoms with Gasteiger partial charge < -0.3 is 5.32 Å². The fourth-order valence-corrected chi connectivity index (χ4v) is 2.99. The first-order valence-corrected chi connectivity index (χ1v) is 9.02. The summed E-state index contributed by atoms with van der Waals surface area (Å²) < 4.78 is 62.2. The average molecular weight is 366 g/mol. The van der Waals surface area contributed by atoms with Crippen molar-refractivity contribution in [3.63, 3.8) is 0 Å². The molecule has 0 aliphatic carbocycles. The number of amides is 1. The van der Waals surface area contributed by atoms with Crippen LogP contribution in [0.3, 0.4) is 0 Å². The summed E-state index contributed by atoms with van der Waals surface area (Å²) >= 11 is 0. The summed E-state index contributed by atoms with van der Waals surface area (Å²) in [6.07, 6.45) is -2.62. The minimum atomic E-state index is -4.85. The van der Waals surface area contributed by atoms with Gasteiger partial charge in [-0.1, -0.05) is 30.5 Å². The van der Waals surface area contributed by atoms with Crippen molar-refractivity contribution >= 4 is 15.9 Å². The van der Waals surface area contributed by atoms with Gasteiger partial charge in [-0.2, -0.15) is 13.2 Å². The summed E-state index contributed by atoms with van der Waals surface area (Å²) in [6, 6.07) is 6.48. The zero-order chi connectivity index (χ0) is 18.2. The molecule has 0 heterocycles. The van der Waals surface area contributed by atoms with Crippen LogP contribution in [0.25, 0.3) is 0 Å². The third-order valence-corrected chi connectivity index (χ3v) is 4.75. The number of carbonyl (C=O) groups is 1. The molecule has 0 spiro atoms. The third kappa shape index (κ3) is 7.31. The molecule has 0 fully saturated rings. The van der Waals surface area contributed by atoms with E-state index in [0.717, 1.165) is 5.56 Å². The van der Waals surface area contributed by atoms with Gasteiger partial charge in [-0.05, 0) is 31.9 Å². The summed E-state index contributed by atoms with van der Waals surface area (Å²) in [5.41, 5.74) is 0.964. The van der Waals surface area contributed by atoms with Crippen LogP contribution < -0.4 is 10.0 Å². The molecular weight excluding hydrogens is 345 g/mol. The zero-order valence-electron chi connectivity index (χ0n) is 13.3. The number of halogens is 3. The molecule has 0 aliphatic heterocycles. The summed E-state index contributed by atoms with van der Waals surface area (Å²) in [5.74, 6) is -1.94. The number of nitrogens with one attached hydrogen (secondary N) is 2. The summed E-state index contributed by atoms with van der Waals surface area (Å²) in [6.45, 7) is 2.07. The average Bonchev–Trinajstić information content (AvgIpc) is 2.49. The largest absolute Gasteiger partial charge is 0.471 e. The Bertz CT molecular complexity index is 628. The van der Waals surface area contributed by atoms with Gasteiger partial charge in [0.1, 0.15) is 0 Å². The van der Waals surface area contributed by atoms with Crippen molar-refractivity contribution in [3.05, 3.63) is 29.8 Å². The third-order valence-electron chi connectivity index (χ3n) is 3.27. The van der Waals surface area contributed by atoms with E-state index in [1.54, 1.807) is 17.4 Å². The van der Waals surface area contributed by atoms with E-state index in [4.69, 9.17) is 0 Å². The molecule has 2 N–H and O–H groups in total. The molecule has 0 atom stereocenters. The van der Waals surface area contributed by atoms with Crippen LogP contribution in [0.4, 0.5) is 13.2 Å². The van der Waals surface area contributed by atoms with Crippen molar-refractivity contribution < 1.29 is 26.4 Å². The molecule has 0 unspecified atom stereocenters. The van der Waals surface area contributed by atoms with Crippen LogP contribution in [0, 0.1) is 6.92 Å². The zero-order valence-corrected chi connectivity index (χ0v) is 14.1. The summed E-state index contributed by atoms with van der Waals surface area (Å²) in [5, 5.41) is 1.79. The van der Waals surface area contributed by atoms with Crippen molar-refractivity contribution in [1.29, 1.82) is 0 Å². The monoisotopic (exact) mass is 366 g/mol. The normalized spacial score (nSPS) is 12.2. The Labute approximate surface area is 139 Å². The van der Waals surface area contributed by atoms with Gasteiger partial charge >= 0.3 is 12.1 Å². The molecule has 1 amide bonds. The Hall–Kier alpha value is -1.61. The molecule has 1 aromatic rings. The van der Waals surface area contributed by atoms with Gasteiger partial charge in [0, 0.05) is 13.1 Å². The molecule has 5 nitrogen and oxygen atoms in total. The number of sulfonamides is 1. The Morgan fingerprint density at radius 1 is 1.00 bits per heavy atom. The van der Waals surface area contributed by atoms with Gasteiger partial charge in [0.2, 0.25) is 10.0 Å². The lowest BCUT2D eigenvalue weighted by Crippen LogP contribution is -2.37. The second kappa shape index (κ2) is 9.03. The number of alkyl halides is 3. The van der Waals surface area contributed by atoms with E-state index in [9.17, 15) is 26.4 Å². The molecule has 0 bridgehead atoms. The Morgan fingerprint density at radius 3 is 2.08 bits per heavy atom. The maximum absolute atomic E-state index is 12.0. The number of aryl methyl sites for hydroxylation is 1. The van der Waals surface area contributed by atoms with E-state index in [-0.39, 0.29) is 18.0 Å². The van der Waals surface area contributed by atoms with Crippen LogP contribution in [-0.2, 0) is 14.8 Å². The molecular formula is C15H21F3N2O3S. The van der Waals surface area contributed by atoms with Crippen molar-refractivity contribution in [2.75, 3.05) is 13.1 Å². The number of carbonyl (C=O) groups excluding carboxylic acids is 1. The van der Waals surface area contributed by atoms with Gasteiger partial charge in [0.25, 0.3) is 0 Å². The summed E-state index contributed by atoms with van der Waals surface area (Å²) in [4.78, 5) is 10.8. The van der Waals surface area contributed by atoms with Crippen LogP contribution in [0.15, 0.2) is 29.2 Å². The molecule has 0 saturated heterocycles. The minimum Gasteiger partial charge on any atom is -0.348 e. The quantitative estimate of drug-likeness (QED) is 0.660. The molecule has 24 heavy (non-hydrogen) atoms. The Kier molecular flexibility index (Phi) is 7.68. The lowest BCUT2D eigenvalue weighted by Gasteiger charge is -2.08. The molecule has 0 radical (unpaired) electrons. The first kappa shape index (κ1) is 20.4. The van der Waals surface area contributed by atoms with E-state index in [0.29, 0.717) is 25.7 Å². The fourth-order valence-electron chi connectivity index (χ4n) is 1.91. The standard InChI is InChI=1S/C15H21F3N2O3S/c1-12-6-8-13(9-7-12)24(22,23)20-11-5-3-2-4-10-19-14(21)15(16,17)18/h6-9,20H,2-5,10-11H2,1H3,(H,19,21). The van der Waals surface area contributed by atoms with Crippen LogP contribution in [0.1, 0.15) is 31.2 Å². The number of hydrogen-bond acceptors (Lipinski definition) is 3. The van der Waals surface area contributed by atoms with Crippen molar-refractivity contribution in [2.24, 2.45) is 0 Å². The minimum absolute atomic E-state index is 0.0482. The maximum Gasteiger partial charge on any atom is 0.471 e. The fraction of sp³-hybridized carbons (Fsp3) is 0.533. The Balaban J connectivity index is 2.16. The second-order valence-electron chi connectivity index (χ2n) is 5.38. The molecule has 0 aliphatic rings. The van der Waals surface area contributed by atoms with E-state index in [2.05, 4.69) is 4.72 Å². The number of benzene rings is 1. The predicted octanol–water partition coefficient (Wildman–Crippen LogP) is 2.51. The van der Waals surface area contributed by atoms with E-state index in [1.807, 2.05) is 6.92 Å². The van der Waals surface area contributed by atoms with Crippen LogP contribution in [0.2, 0.25) is 0 Å². The van der Waals surface area contributed by atoms with E-state index < -0.39 is 22.1 Å². The van der Waals surface area contributed by atoms with Crippen LogP contribution >= 0.6 is 0 Å². The Morgan fingerprint density at radius 2 is 1.54 bits per heavy atom. The smallest absolute Gasteiger partial charge is 0.348 e. The van der Waals surface area contributed by atoms with E-state index >= 15 is 0 Å². The van der Waals surface area contributed by atoms with Gasteiger partial charge in [0.05, 0.1) is 4.90 Å². The lowest BCUT2D eigenvalue weighted by molar-refractivity contribution is -0.173. The number of unbranched alkanes of at least 4 members (excludes halogenated alkanes) is 3. The SMILES string of the molecule is Cc1ccc(S(=O)(=O)NCCCCCCNC(=O)C(F)(F)F)cc1. The highest BCUT2D eigenvalue weighted by Gasteiger charge is 2.38. The van der Waals surface area contributed by atoms with Crippen molar-refractivity contribution in [3.8, 4) is 0 Å². The van der Waals surface area contributed by atoms with Crippen LogP contribution in [0.5, 0.6) is 0 Å². The highest BCUT2D eigenvalue weighted by molar-refractivity contribution is 7.89. The molecule has 136 valence electrons. The van der Waals surface area contributed by atoms with Crippen molar-refractivity contribution in [2.45, 2.75) is 43.7 Å². The molecule has 1 rings (SSSR count). The first-order valence-electron chi connectivity index (χ1n) is 7.54. The van der Waals surface area contributed by atoms with Gasteiger partial charge in [-0.15, -0.1) is 0 Å². The first-order chi connectivity index (χ1) is 11.1. The van der Waals surface area contributed by atoms with Crippen molar-refractivity contribution in [1.82, 2.24) is 10.0 Å². The molecule has 0 aromatic heterocycles. The lowest BCUT2D eigenvalue weighted by atomic mass is 10.2. The predicted molar refractivity (Wildman–Crippen MR) is 83.9 cm³/mol. The molecule has 1 aromatic carbocycles. The molecule has 9 heteroatoms. The number of rotatable bonds is 9. The van der Waals surface area contributed by atoms with Crippen LogP contribution in [-0.4, -0.2) is 33.6 Å². The van der Waals surface area contributed by atoms with Gasteiger partial charge in [-0.25, -0.2) is 13.1 Å². The maximum atomic E-state index is 12.0.